The summed E-state index contributed by atoms with van der Waals surface area (Å²) >= 11 is 0. The van der Waals surface area contributed by atoms with E-state index in [1.165, 1.54) is 17.0 Å². The Bertz CT molecular complexity index is 442. The molecule has 0 spiro atoms. The highest BCUT2D eigenvalue weighted by Crippen LogP contribution is 2.19. The van der Waals surface area contributed by atoms with Crippen LogP contribution < -0.4 is 10.2 Å². The Balaban J connectivity index is 2.09. The Hall–Kier alpha value is -2.04. The number of carbonyl (C=O) groups is 2. The average molecular weight is 234 g/mol. The van der Waals surface area contributed by atoms with Crippen LogP contribution in [0.25, 0.3) is 0 Å². The zero-order chi connectivity index (χ0) is 12.4. The first-order chi connectivity index (χ1) is 8.08. The van der Waals surface area contributed by atoms with Crippen LogP contribution in [0, 0.1) is 0 Å². The van der Waals surface area contributed by atoms with Gasteiger partial charge in [-0.05, 0) is 30.7 Å². The smallest absolute Gasteiger partial charge is 0.249 e. The molecule has 0 aliphatic carbocycles. The van der Waals surface area contributed by atoms with Crippen molar-refractivity contribution in [1.82, 2.24) is 5.32 Å². The van der Waals surface area contributed by atoms with E-state index in [2.05, 4.69) is 5.32 Å². The third kappa shape index (κ3) is 2.38. The molecule has 1 aromatic rings. The first-order valence-corrected chi connectivity index (χ1v) is 5.44. The van der Waals surface area contributed by atoms with Crippen molar-refractivity contribution in [2.45, 2.75) is 18.9 Å². The molecule has 5 nitrogen and oxygen atoms in total. The molecule has 1 heterocycles. The monoisotopic (exact) mass is 234 g/mol. The second-order valence-corrected chi connectivity index (χ2v) is 4.07. The Morgan fingerprint density at radius 3 is 2.59 bits per heavy atom. The lowest BCUT2D eigenvalue weighted by atomic mass is 10.2. The third-order valence-corrected chi connectivity index (χ3v) is 2.86. The van der Waals surface area contributed by atoms with Gasteiger partial charge in [0.2, 0.25) is 11.8 Å². The van der Waals surface area contributed by atoms with E-state index in [0.29, 0.717) is 18.5 Å². The number of hydrogen-bond acceptors (Lipinski definition) is 3. The number of hydrogen-bond donors (Lipinski definition) is 2. The summed E-state index contributed by atoms with van der Waals surface area (Å²) in [6, 6.07) is 5.92. The van der Waals surface area contributed by atoms with Crippen LogP contribution >= 0.6 is 0 Å². The van der Waals surface area contributed by atoms with Gasteiger partial charge in [-0.2, -0.15) is 0 Å². The molecule has 1 unspecified atom stereocenters. The Kier molecular flexibility index (Phi) is 2.99. The molecule has 1 aliphatic rings. The molecule has 1 aliphatic heterocycles. The molecular formula is C12H14N2O3. The average Bonchev–Trinajstić information content (AvgIpc) is 2.75. The van der Waals surface area contributed by atoms with Gasteiger partial charge in [0.25, 0.3) is 0 Å². The minimum atomic E-state index is -0.429. The number of nitrogens with zero attached hydrogens (tertiary/aromatic N) is 1. The molecule has 0 aromatic heterocycles. The van der Waals surface area contributed by atoms with E-state index in [1.807, 2.05) is 0 Å². The predicted molar refractivity (Wildman–Crippen MR) is 62.7 cm³/mol. The first-order valence-electron chi connectivity index (χ1n) is 5.44. The number of rotatable bonds is 2. The van der Waals surface area contributed by atoms with E-state index >= 15 is 0 Å². The molecule has 0 radical (unpaired) electrons. The van der Waals surface area contributed by atoms with Crippen molar-refractivity contribution >= 4 is 17.5 Å². The molecule has 2 rings (SSSR count). The SMILES string of the molecule is CN(C(=O)C1CCC(=O)N1)c1ccc(O)cc1. The highest BCUT2D eigenvalue weighted by Gasteiger charge is 2.29. The fourth-order valence-corrected chi connectivity index (χ4v) is 1.84. The standard InChI is InChI=1S/C12H14N2O3/c1-14(8-2-4-9(15)5-3-8)12(17)10-6-7-11(16)13-10/h2-5,10,15H,6-7H2,1H3,(H,13,16). The van der Waals surface area contributed by atoms with Crippen LogP contribution in [0.5, 0.6) is 5.75 Å². The summed E-state index contributed by atoms with van der Waals surface area (Å²) in [6.45, 7) is 0. The van der Waals surface area contributed by atoms with E-state index in [0.717, 1.165) is 0 Å². The second-order valence-electron chi connectivity index (χ2n) is 4.07. The fourth-order valence-electron chi connectivity index (χ4n) is 1.84. The van der Waals surface area contributed by atoms with E-state index in [1.54, 1.807) is 19.2 Å². The number of amides is 2. The minimum absolute atomic E-state index is 0.0811. The summed E-state index contributed by atoms with van der Waals surface area (Å²) in [4.78, 5) is 24.6. The van der Waals surface area contributed by atoms with Gasteiger partial charge in [-0.15, -0.1) is 0 Å². The van der Waals surface area contributed by atoms with Crippen LogP contribution in [0.3, 0.4) is 0 Å². The van der Waals surface area contributed by atoms with Crippen molar-refractivity contribution in [3.8, 4) is 5.75 Å². The maximum atomic E-state index is 12.0. The molecule has 5 heteroatoms. The lowest BCUT2D eigenvalue weighted by molar-refractivity contribution is -0.123. The number of benzene rings is 1. The summed E-state index contributed by atoms with van der Waals surface area (Å²) in [7, 11) is 1.65. The van der Waals surface area contributed by atoms with Crippen LogP contribution in [0.1, 0.15) is 12.8 Å². The van der Waals surface area contributed by atoms with E-state index in [-0.39, 0.29) is 17.6 Å². The van der Waals surface area contributed by atoms with Crippen molar-refractivity contribution in [3.05, 3.63) is 24.3 Å². The summed E-state index contributed by atoms with van der Waals surface area (Å²) in [5.41, 5.74) is 0.689. The predicted octanol–water partition coefficient (Wildman–Crippen LogP) is 0.634. The molecule has 2 amide bonds. The summed E-state index contributed by atoms with van der Waals surface area (Å²) < 4.78 is 0. The molecule has 1 saturated heterocycles. The molecule has 0 saturated carbocycles. The molecule has 1 fully saturated rings. The van der Waals surface area contributed by atoms with Gasteiger partial charge in [-0.25, -0.2) is 0 Å². The van der Waals surface area contributed by atoms with Crippen molar-refractivity contribution in [2.24, 2.45) is 0 Å². The normalized spacial score (nSPS) is 18.9. The van der Waals surface area contributed by atoms with Crippen LogP contribution in [-0.2, 0) is 9.59 Å². The van der Waals surface area contributed by atoms with Crippen LogP contribution in [0.2, 0.25) is 0 Å². The fraction of sp³-hybridized carbons (Fsp3) is 0.333. The largest absolute Gasteiger partial charge is 0.508 e. The lowest BCUT2D eigenvalue weighted by Gasteiger charge is -2.21. The number of phenols is 1. The van der Waals surface area contributed by atoms with Gasteiger partial charge < -0.3 is 15.3 Å². The van der Waals surface area contributed by atoms with Gasteiger partial charge in [0.1, 0.15) is 11.8 Å². The van der Waals surface area contributed by atoms with Gasteiger partial charge in [0.15, 0.2) is 0 Å². The Morgan fingerprint density at radius 2 is 2.06 bits per heavy atom. The number of phenolic OH excluding ortho intramolecular Hbond substituents is 1. The zero-order valence-electron chi connectivity index (χ0n) is 9.51. The first kappa shape index (κ1) is 11.4. The number of anilines is 1. The summed E-state index contributed by atoms with van der Waals surface area (Å²) in [5.74, 6) is -0.0623. The zero-order valence-corrected chi connectivity index (χ0v) is 9.51. The van der Waals surface area contributed by atoms with E-state index in [4.69, 9.17) is 5.11 Å². The summed E-state index contributed by atoms with van der Waals surface area (Å²) in [5, 5.41) is 11.8. The van der Waals surface area contributed by atoms with Crippen molar-refractivity contribution in [3.63, 3.8) is 0 Å². The lowest BCUT2D eigenvalue weighted by Crippen LogP contribution is -2.42. The molecule has 2 N–H and O–H groups in total. The van der Waals surface area contributed by atoms with E-state index < -0.39 is 6.04 Å². The quantitative estimate of drug-likeness (QED) is 0.788. The molecule has 90 valence electrons. The number of carbonyl (C=O) groups excluding carboxylic acids is 2. The molecule has 1 aromatic carbocycles. The topological polar surface area (TPSA) is 69.6 Å². The van der Waals surface area contributed by atoms with Gasteiger partial charge in [-0.1, -0.05) is 0 Å². The third-order valence-electron chi connectivity index (χ3n) is 2.86. The Morgan fingerprint density at radius 1 is 1.41 bits per heavy atom. The van der Waals surface area contributed by atoms with E-state index in [9.17, 15) is 9.59 Å². The highest BCUT2D eigenvalue weighted by atomic mass is 16.3. The van der Waals surface area contributed by atoms with Crippen molar-refractivity contribution < 1.29 is 14.7 Å². The highest BCUT2D eigenvalue weighted by molar-refractivity contribution is 6.00. The number of likely N-dealkylation sites (N-methyl/N-ethyl adjacent to an activating group) is 1. The van der Waals surface area contributed by atoms with Crippen molar-refractivity contribution in [2.75, 3.05) is 11.9 Å². The Labute approximate surface area is 99.0 Å². The number of aromatic hydroxyl groups is 1. The molecule has 17 heavy (non-hydrogen) atoms. The van der Waals surface area contributed by atoms with Gasteiger partial charge >= 0.3 is 0 Å². The number of nitrogens with one attached hydrogen (secondary N) is 1. The van der Waals surface area contributed by atoms with Crippen LogP contribution in [0.15, 0.2) is 24.3 Å². The van der Waals surface area contributed by atoms with Crippen LogP contribution in [-0.4, -0.2) is 30.0 Å². The molecule has 0 bridgehead atoms. The second kappa shape index (κ2) is 4.45. The van der Waals surface area contributed by atoms with Gasteiger partial charge in [-0.3, -0.25) is 9.59 Å². The summed E-state index contributed by atoms with van der Waals surface area (Å²) in [6.07, 6.45) is 0.944. The van der Waals surface area contributed by atoms with Crippen molar-refractivity contribution in [1.29, 1.82) is 0 Å². The van der Waals surface area contributed by atoms with Gasteiger partial charge in [0.05, 0.1) is 0 Å². The maximum absolute atomic E-state index is 12.0. The molecular weight excluding hydrogens is 220 g/mol. The maximum Gasteiger partial charge on any atom is 0.249 e. The van der Waals surface area contributed by atoms with Crippen LogP contribution in [0.4, 0.5) is 5.69 Å². The van der Waals surface area contributed by atoms with Gasteiger partial charge in [0, 0.05) is 19.2 Å². The minimum Gasteiger partial charge on any atom is -0.508 e. The molecule has 1 atom stereocenters.